The van der Waals surface area contributed by atoms with Crippen LogP contribution in [-0.2, 0) is 9.59 Å². The Hall–Kier alpha value is -2.47. The molecule has 1 rings (SSSR count). The molecule has 1 heterocycles. The molecule has 6 heteroatoms. The topological polar surface area (TPSA) is 91.3 Å². The fourth-order valence-electron chi connectivity index (χ4n) is 1.70. The molecule has 0 aliphatic heterocycles. The van der Waals surface area contributed by atoms with Gasteiger partial charge in [0.1, 0.15) is 0 Å². The number of allylic oxidation sites excluding steroid dienone is 2. The van der Waals surface area contributed by atoms with E-state index in [0.29, 0.717) is 19.4 Å². The number of hydrogen-bond acceptors (Lipinski definition) is 4. The van der Waals surface area contributed by atoms with E-state index in [9.17, 15) is 9.59 Å². The summed E-state index contributed by atoms with van der Waals surface area (Å²) in [6.07, 6.45) is 12.8. The van der Waals surface area contributed by atoms with E-state index in [1.165, 1.54) is 6.08 Å². The minimum atomic E-state index is -0.382. The lowest BCUT2D eigenvalue weighted by molar-refractivity contribution is -0.129. The monoisotopic (exact) mass is 303 g/mol. The number of pyridine rings is 1. The van der Waals surface area contributed by atoms with Crippen LogP contribution < -0.4 is 10.8 Å². The number of nitrogens with one attached hydrogen (secondary N) is 2. The van der Waals surface area contributed by atoms with Crippen LogP contribution in [0, 0.1) is 0 Å². The molecule has 0 unspecified atom stereocenters. The molecule has 0 radical (unpaired) electrons. The number of aromatic nitrogens is 1. The molecule has 0 bridgehead atoms. The van der Waals surface area contributed by atoms with Gasteiger partial charge >= 0.3 is 0 Å². The number of carbonyl (C=O) groups excluding carboxylic acids is 2. The molecule has 0 spiro atoms. The second kappa shape index (κ2) is 11.2. The zero-order valence-corrected chi connectivity index (χ0v) is 12.4. The van der Waals surface area contributed by atoms with Gasteiger partial charge in [0.05, 0.1) is 0 Å². The standard InChI is InChI=1S/C16H21N3O3/c20-15(18-11-5-1-2-8-16(21)19-22)7-4-3-6-14-9-12-17-13-10-14/h3-4,6-7,9-10,12-13,22H,1-2,5,8,11H2,(H,18,20)(H,19,21). The van der Waals surface area contributed by atoms with Gasteiger partial charge in [-0.05, 0) is 30.5 Å². The van der Waals surface area contributed by atoms with Crippen molar-refractivity contribution in [1.29, 1.82) is 0 Å². The van der Waals surface area contributed by atoms with E-state index in [1.54, 1.807) is 30.0 Å². The van der Waals surface area contributed by atoms with E-state index >= 15 is 0 Å². The van der Waals surface area contributed by atoms with Crippen molar-refractivity contribution in [1.82, 2.24) is 15.8 Å². The van der Waals surface area contributed by atoms with Crippen molar-refractivity contribution in [2.75, 3.05) is 6.54 Å². The van der Waals surface area contributed by atoms with Gasteiger partial charge in [-0.25, -0.2) is 5.48 Å². The first kappa shape index (κ1) is 17.6. The summed E-state index contributed by atoms with van der Waals surface area (Å²) in [6.45, 7) is 0.567. The molecule has 0 saturated heterocycles. The van der Waals surface area contributed by atoms with Gasteiger partial charge in [0, 0.05) is 31.4 Å². The molecule has 0 atom stereocenters. The summed E-state index contributed by atoms with van der Waals surface area (Å²) in [6, 6.07) is 3.75. The maximum absolute atomic E-state index is 11.5. The average Bonchev–Trinajstić information content (AvgIpc) is 2.55. The second-order valence-corrected chi connectivity index (χ2v) is 4.64. The Morgan fingerprint density at radius 1 is 1.14 bits per heavy atom. The highest BCUT2D eigenvalue weighted by Gasteiger charge is 1.98. The minimum absolute atomic E-state index is 0.146. The molecule has 0 fully saturated rings. The minimum Gasteiger partial charge on any atom is -0.353 e. The number of rotatable bonds is 9. The van der Waals surface area contributed by atoms with E-state index < -0.39 is 0 Å². The highest BCUT2D eigenvalue weighted by Crippen LogP contribution is 1.99. The number of amides is 2. The van der Waals surface area contributed by atoms with Crippen LogP contribution >= 0.6 is 0 Å². The lowest BCUT2D eigenvalue weighted by Gasteiger charge is -2.02. The van der Waals surface area contributed by atoms with Gasteiger partial charge in [-0.15, -0.1) is 0 Å². The first-order valence-electron chi connectivity index (χ1n) is 7.18. The molecule has 2 amide bonds. The average molecular weight is 303 g/mol. The summed E-state index contributed by atoms with van der Waals surface area (Å²) >= 11 is 0. The second-order valence-electron chi connectivity index (χ2n) is 4.64. The third-order valence-corrected chi connectivity index (χ3v) is 2.86. The summed E-state index contributed by atoms with van der Waals surface area (Å²) in [5, 5.41) is 11.1. The third-order valence-electron chi connectivity index (χ3n) is 2.86. The SMILES string of the molecule is O=C(C=CC=Cc1ccncc1)NCCCCCC(=O)NO. The zero-order valence-electron chi connectivity index (χ0n) is 12.4. The molecular weight excluding hydrogens is 282 g/mol. The maximum Gasteiger partial charge on any atom is 0.243 e. The van der Waals surface area contributed by atoms with Crippen molar-refractivity contribution in [2.24, 2.45) is 0 Å². The van der Waals surface area contributed by atoms with Crippen LogP contribution in [0.1, 0.15) is 31.2 Å². The van der Waals surface area contributed by atoms with Crippen LogP contribution in [0.5, 0.6) is 0 Å². The van der Waals surface area contributed by atoms with Crippen molar-refractivity contribution in [3.63, 3.8) is 0 Å². The summed E-state index contributed by atoms with van der Waals surface area (Å²) in [4.78, 5) is 26.2. The fourth-order valence-corrected chi connectivity index (χ4v) is 1.70. The summed E-state index contributed by atoms with van der Waals surface area (Å²) < 4.78 is 0. The molecule has 0 saturated carbocycles. The summed E-state index contributed by atoms with van der Waals surface area (Å²) in [5.74, 6) is -0.527. The van der Waals surface area contributed by atoms with Crippen molar-refractivity contribution >= 4 is 17.9 Å². The van der Waals surface area contributed by atoms with Gasteiger partial charge in [0.25, 0.3) is 0 Å². The van der Waals surface area contributed by atoms with Crippen molar-refractivity contribution in [3.8, 4) is 0 Å². The van der Waals surface area contributed by atoms with Crippen LogP contribution in [0.25, 0.3) is 6.08 Å². The van der Waals surface area contributed by atoms with Crippen LogP contribution in [0.2, 0.25) is 0 Å². The highest BCUT2D eigenvalue weighted by molar-refractivity contribution is 5.87. The Kier molecular flexibility index (Phi) is 8.96. The molecule has 6 nitrogen and oxygen atoms in total. The van der Waals surface area contributed by atoms with E-state index in [4.69, 9.17) is 5.21 Å². The van der Waals surface area contributed by atoms with Gasteiger partial charge in [-0.3, -0.25) is 19.8 Å². The Bertz CT molecular complexity index is 513. The van der Waals surface area contributed by atoms with Crippen molar-refractivity contribution in [2.45, 2.75) is 25.7 Å². The van der Waals surface area contributed by atoms with Gasteiger partial charge in [0.15, 0.2) is 0 Å². The fraction of sp³-hybridized carbons (Fsp3) is 0.312. The molecule has 0 aromatic carbocycles. The molecule has 0 aliphatic rings. The Morgan fingerprint density at radius 3 is 2.64 bits per heavy atom. The number of nitrogens with zero attached hydrogens (tertiary/aromatic N) is 1. The van der Waals surface area contributed by atoms with Crippen LogP contribution in [-0.4, -0.2) is 28.6 Å². The van der Waals surface area contributed by atoms with Gasteiger partial charge in [-0.2, -0.15) is 0 Å². The first-order valence-corrected chi connectivity index (χ1v) is 7.18. The summed E-state index contributed by atoms with van der Waals surface area (Å²) in [5.41, 5.74) is 2.61. The molecule has 118 valence electrons. The molecule has 3 N–H and O–H groups in total. The largest absolute Gasteiger partial charge is 0.353 e. The van der Waals surface area contributed by atoms with Crippen LogP contribution in [0.4, 0.5) is 0 Å². The van der Waals surface area contributed by atoms with E-state index in [2.05, 4.69) is 10.3 Å². The molecule has 22 heavy (non-hydrogen) atoms. The maximum atomic E-state index is 11.5. The lowest BCUT2D eigenvalue weighted by Crippen LogP contribution is -2.22. The van der Waals surface area contributed by atoms with Gasteiger partial charge in [0.2, 0.25) is 11.8 Å². The predicted molar refractivity (Wildman–Crippen MR) is 83.8 cm³/mol. The quantitative estimate of drug-likeness (QED) is 0.213. The van der Waals surface area contributed by atoms with E-state index in [0.717, 1.165) is 18.4 Å². The van der Waals surface area contributed by atoms with Gasteiger partial charge < -0.3 is 5.32 Å². The smallest absolute Gasteiger partial charge is 0.243 e. The van der Waals surface area contributed by atoms with E-state index in [1.807, 2.05) is 18.2 Å². The molecule has 1 aromatic rings. The number of hydroxylamine groups is 1. The van der Waals surface area contributed by atoms with Crippen LogP contribution in [0.15, 0.2) is 42.8 Å². The molecule has 1 aromatic heterocycles. The third kappa shape index (κ3) is 8.65. The molecular formula is C16H21N3O3. The normalized spacial score (nSPS) is 11.0. The summed E-state index contributed by atoms with van der Waals surface area (Å²) in [7, 11) is 0. The Balaban J connectivity index is 2.09. The highest BCUT2D eigenvalue weighted by atomic mass is 16.5. The Morgan fingerprint density at radius 2 is 1.91 bits per heavy atom. The zero-order chi connectivity index (χ0) is 16.0. The lowest BCUT2D eigenvalue weighted by atomic mass is 10.2. The predicted octanol–water partition coefficient (Wildman–Crippen LogP) is 1.83. The number of hydrogen-bond donors (Lipinski definition) is 3. The number of unbranched alkanes of at least 4 members (excludes halogenated alkanes) is 2. The Labute approximate surface area is 129 Å². The van der Waals surface area contributed by atoms with Crippen LogP contribution in [0.3, 0.4) is 0 Å². The van der Waals surface area contributed by atoms with Crippen molar-refractivity contribution < 1.29 is 14.8 Å². The van der Waals surface area contributed by atoms with Crippen molar-refractivity contribution in [3.05, 3.63) is 48.3 Å². The van der Waals surface area contributed by atoms with Gasteiger partial charge in [-0.1, -0.05) is 24.6 Å². The first-order chi connectivity index (χ1) is 10.7. The van der Waals surface area contributed by atoms with E-state index in [-0.39, 0.29) is 11.8 Å². The number of carbonyl (C=O) groups is 2. The molecule has 0 aliphatic carbocycles.